The van der Waals surface area contributed by atoms with Crippen molar-refractivity contribution in [1.82, 2.24) is 9.62 Å². The molecule has 0 radical (unpaired) electrons. The summed E-state index contributed by atoms with van der Waals surface area (Å²) in [6, 6.07) is 5.28. The highest BCUT2D eigenvalue weighted by Crippen LogP contribution is 2.28. The fraction of sp³-hybridized carbons (Fsp3) is 0.538. The molecule has 1 fully saturated rings. The summed E-state index contributed by atoms with van der Waals surface area (Å²) in [5.74, 6) is 0. The van der Waals surface area contributed by atoms with Crippen molar-refractivity contribution in [3.63, 3.8) is 0 Å². The molecule has 2 rings (SSSR count). The molecule has 1 N–H and O–H groups in total. The van der Waals surface area contributed by atoms with Crippen LogP contribution in [0, 0.1) is 6.92 Å². The van der Waals surface area contributed by atoms with Crippen LogP contribution in [0.5, 0.6) is 0 Å². The molecule has 1 unspecified atom stereocenters. The van der Waals surface area contributed by atoms with Crippen molar-refractivity contribution in [2.75, 3.05) is 20.1 Å². The van der Waals surface area contributed by atoms with Crippen LogP contribution in [0.15, 0.2) is 27.6 Å². The summed E-state index contributed by atoms with van der Waals surface area (Å²) in [4.78, 5) is 0.368. The molecule has 106 valence electrons. The highest BCUT2D eigenvalue weighted by Gasteiger charge is 2.34. The Labute approximate surface area is 123 Å². The Morgan fingerprint density at radius 1 is 1.47 bits per heavy atom. The minimum Gasteiger partial charge on any atom is -0.318 e. The first kappa shape index (κ1) is 15.0. The van der Waals surface area contributed by atoms with Crippen molar-refractivity contribution in [3.8, 4) is 0 Å². The maximum Gasteiger partial charge on any atom is 0.243 e. The average Bonchev–Trinajstić information content (AvgIpc) is 2.82. The minimum absolute atomic E-state index is 0.0649. The Bertz CT molecular complexity index is 560. The zero-order chi connectivity index (χ0) is 14.0. The van der Waals surface area contributed by atoms with Crippen LogP contribution >= 0.6 is 15.9 Å². The number of hydrogen-bond acceptors (Lipinski definition) is 3. The van der Waals surface area contributed by atoms with Gasteiger partial charge >= 0.3 is 0 Å². The largest absolute Gasteiger partial charge is 0.318 e. The van der Waals surface area contributed by atoms with E-state index in [2.05, 4.69) is 21.2 Å². The Hall–Kier alpha value is -0.430. The molecular formula is C13H19BrN2O2S. The summed E-state index contributed by atoms with van der Waals surface area (Å²) in [6.07, 6.45) is 1.85. The van der Waals surface area contributed by atoms with Crippen molar-refractivity contribution >= 4 is 26.0 Å². The highest BCUT2D eigenvalue weighted by molar-refractivity contribution is 9.10. The van der Waals surface area contributed by atoms with Gasteiger partial charge in [-0.2, -0.15) is 4.31 Å². The molecule has 0 spiro atoms. The molecule has 1 aromatic carbocycles. The number of nitrogens with one attached hydrogen (secondary N) is 1. The molecule has 4 nitrogen and oxygen atoms in total. The van der Waals surface area contributed by atoms with E-state index in [-0.39, 0.29) is 6.04 Å². The molecule has 1 atom stereocenters. The lowest BCUT2D eigenvalue weighted by atomic mass is 10.2. The zero-order valence-corrected chi connectivity index (χ0v) is 13.6. The van der Waals surface area contributed by atoms with Crippen molar-refractivity contribution in [1.29, 1.82) is 0 Å². The molecule has 0 aliphatic carbocycles. The fourth-order valence-corrected chi connectivity index (χ4v) is 4.68. The summed E-state index contributed by atoms with van der Waals surface area (Å²) in [5, 5.41) is 3.07. The van der Waals surface area contributed by atoms with E-state index >= 15 is 0 Å². The second-order valence-electron chi connectivity index (χ2n) is 4.88. The van der Waals surface area contributed by atoms with Crippen molar-refractivity contribution in [2.24, 2.45) is 0 Å². The van der Waals surface area contributed by atoms with Gasteiger partial charge in [-0.25, -0.2) is 8.42 Å². The van der Waals surface area contributed by atoms with Gasteiger partial charge in [-0.1, -0.05) is 22.0 Å². The first-order valence-electron chi connectivity index (χ1n) is 6.39. The SMILES string of the molecule is CNCC1CCCN1S(=O)(=O)c1ccc(C)c(Br)c1. The van der Waals surface area contributed by atoms with Crippen LogP contribution in [0.3, 0.4) is 0 Å². The van der Waals surface area contributed by atoms with Gasteiger partial charge in [0.25, 0.3) is 0 Å². The van der Waals surface area contributed by atoms with Gasteiger partial charge in [0.05, 0.1) is 4.90 Å². The Balaban J connectivity index is 2.33. The number of sulfonamides is 1. The van der Waals surface area contributed by atoms with Crippen LogP contribution in [-0.2, 0) is 10.0 Å². The molecular weight excluding hydrogens is 328 g/mol. The molecule has 19 heavy (non-hydrogen) atoms. The average molecular weight is 347 g/mol. The van der Waals surface area contributed by atoms with E-state index in [0.29, 0.717) is 18.0 Å². The standard InChI is InChI=1S/C13H19BrN2O2S/c1-10-5-6-12(8-13(10)14)19(17,18)16-7-3-4-11(16)9-15-2/h5-6,8,11,15H,3-4,7,9H2,1-2H3. The van der Waals surface area contributed by atoms with Crippen LogP contribution < -0.4 is 5.32 Å². The third kappa shape index (κ3) is 3.02. The van der Waals surface area contributed by atoms with E-state index in [1.165, 1.54) is 0 Å². The normalized spacial score (nSPS) is 20.9. The van der Waals surface area contributed by atoms with Gasteiger partial charge < -0.3 is 5.32 Å². The molecule has 1 saturated heterocycles. The Morgan fingerprint density at radius 2 is 2.21 bits per heavy atom. The summed E-state index contributed by atoms with van der Waals surface area (Å²) in [6.45, 7) is 3.26. The lowest BCUT2D eigenvalue weighted by Gasteiger charge is -2.24. The smallest absolute Gasteiger partial charge is 0.243 e. The van der Waals surface area contributed by atoms with E-state index in [1.807, 2.05) is 20.0 Å². The second-order valence-corrected chi connectivity index (χ2v) is 7.63. The van der Waals surface area contributed by atoms with Crippen LogP contribution in [-0.4, -0.2) is 38.9 Å². The topological polar surface area (TPSA) is 49.4 Å². The Morgan fingerprint density at radius 3 is 2.84 bits per heavy atom. The molecule has 0 amide bonds. The molecule has 1 heterocycles. The van der Waals surface area contributed by atoms with Gasteiger partial charge in [-0.3, -0.25) is 0 Å². The van der Waals surface area contributed by atoms with E-state index in [1.54, 1.807) is 16.4 Å². The van der Waals surface area contributed by atoms with Crippen molar-refractivity contribution in [2.45, 2.75) is 30.7 Å². The molecule has 0 aromatic heterocycles. The number of hydrogen-bond donors (Lipinski definition) is 1. The van der Waals surface area contributed by atoms with Crippen LogP contribution in [0.1, 0.15) is 18.4 Å². The fourth-order valence-electron chi connectivity index (χ4n) is 2.43. The van der Waals surface area contributed by atoms with Crippen LogP contribution in [0.25, 0.3) is 0 Å². The molecule has 0 bridgehead atoms. The van der Waals surface area contributed by atoms with E-state index in [9.17, 15) is 8.42 Å². The summed E-state index contributed by atoms with van der Waals surface area (Å²) in [7, 11) is -1.53. The van der Waals surface area contributed by atoms with Gasteiger partial charge in [0, 0.05) is 23.6 Å². The number of nitrogens with zero attached hydrogens (tertiary/aromatic N) is 1. The predicted octanol–water partition coefficient (Wildman–Crippen LogP) is 2.13. The quantitative estimate of drug-likeness (QED) is 0.908. The van der Waals surface area contributed by atoms with Crippen molar-refractivity contribution < 1.29 is 8.42 Å². The molecule has 6 heteroatoms. The molecule has 1 aromatic rings. The van der Waals surface area contributed by atoms with Gasteiger partial charge in [-0.05, 0) is 44.5 Å². The lowest BCUT2D eigenvalue weighted by molar-refractivity contribution is 0.379. The second kappa shape index (κ2) is 5.91. The summed E-state index contributed by atoms with van der Waals surface area (Å²) in [5.41, 5.74) is 1.03. The number of rotatable bonds is 4. The maximum absolute atomic E-state index is 12.7. The monoisotopic (exact) mass is 346 g/mol. The molecule has 1 aliphatic heterocycles. The van der Waals surface area contributed by atoms with E-state index in [4.69, 9.17) is 0 Å². The summed E-state index contributed by atoms with van der Waals surface area (Å²) < 4.78 is 27.8. The van der Waals surface area contributed by atoms with Gasteiger partial charge in [0.15, 0.2) is 0 Å². The Kier molecular flexibility index (Phi) is 4.66. The lowest BCUT2D eigenvalue weighted by Crippen LogP contribution is -2.40. The third-order valence-corrected chi connectivity index (χ3v) is 6.31. The minimum atomic E-state index is -3.39. The van der Waals surface area contributed by atoms with E-state index < -0.39 is 10.0 Å². The number of benzene rings is 1. The maximum atomic E-state index is 12.7. The first-order chi connectivity index (χ1) is 8.96. The number of aryl methyl sites for hydroxylation is 1. The summed E-state index contributed by atoms with van der Waals surface area (Å²) >= 11 is 3.40. The zero-order valence-electron chi connectivity index (χ0n) is 11.2. The van der Waals surface area contributed by atoms with Crippen LogP contribution in [0.2, 0.25) is 0 Å². The molecule has 1 aliphatic rings. The number of halogens is 1. The highest BCUT2D eigenvalue weighted by atomic mass is 79.9. The predicted molar refractivity (Wildman–Crippen MR) is 79.7 cm³/mol. The van der Waals surface area contributed by atoms with Crippen molar-refractivity contribution in [3.05, 3.63) is 28.2 Å². The first-order valence-corrected chi connectivity index (χ1v) is 8.62. The third-order valence-electron chi connectivity index (χ3n) is 3.51. The molecule has 0 saturated carbocycles. The van der Waals surface area contributed by atoms with E-state index in [0.717, 1.165) is 22.9 Å². The van der Waals surface area contributed by atoms with Gasteiger partial charge in [0.1, 0.15) is 0 Å². The van der Waals surface area contributed by atoms with Gasteiger partial charge in [-0.15, -0.1) is 0 Å². The van der Waals surface area contributed by atoms with Crippen LogP contribution in [0.4, 0.5) is 0 Å². The number of likely N-dealkylation sites (N-methyl/N-ethyl adjacent to an activating group) is 1. The van der Waals surface area contributed by atoms with Gasteiger partial charge in [0.2, 0.25) is 10.0 Å².